The molecule has 0 heterocycles. The first kappa shape index (κ1) is 27.3. The van der Waals surface area contributed by atoms with Crippen LogP contribution in [-0.2, 0) is 26.0 Å². The van der Waals surface area contributed by atoms with Gasteiger partial charge in [0, 0.05) is 13.1 Å². The van der Waals surface area contributed by atoms with E-state index in [0.29, 0.717) is 19.4 Å². The maximum Gasteiger partial charge on any atom is 0.244 e. The van der Waals surface area contributed by atoms with Gasteiger partial charge in [0.15, 0.2) is 0 Å². The molecule has 0 bridgehead atoms. The monoisotopic (exact) mass is 491 g/mol. The molecular weight excluding hydrogens is 457 g/mol. The summed E-state index contributed by atoms with van der Waals surface area (Å²) in [5, 5.41) is 2.88. The molecule has 0 radical (unpaired) electrons. The summed E-state index contributed by atoms with van der Waals surface area (Å²) in [5.41, 5.74) is 1.04. The van der Waals surface area contributed by atoms with Crippen LogP contribution in [0.1, 0.15) is 32.8 Å². The molecule has 0 saturated heterocycles. The van der Waals surface area contributed by atoms with Crippen molar-refractivity contribution in [2.24, 2.45) is 5.92 Å². The Hall–Kier alpha value is -2.94. The molecule has 34 heavy (non-hydrogen) atoms. The van der Waals surface area contributed by atoms with Gasteiger partial charge in [0.2, 0.25) is 21.8 Å². The minimum atomic E-state index is -3.89. The first-order valence-electron chi connectivity index (χ1n) is 11.4. The zero-order valence-electron chi connectivity index (χ0n) is 20.2. The van der Waals surface area contributed by atoms with Crippen LogP contribution in [0.2, 0.25) is 0 Å². The number of amides is 2. The van der Waals surface area contributed by atoms with E-state index in [1.165, 1.54) is 23.1 Å². The van der Waals surface area contributed by atoms with Gasteiger partial charge >= 0.3 is 0 Å². The molecule has 0 unspecified atom stereocenters. The van der Waals surface area contributed by atoms with Gasteiger partial charge in [-0.05, 0) is 42.5 Å². The van der Waals surface area contributed by atoms with E-state index in [9.17, 15) is 22.4 Å². The van der Waals surface area contributed by atoms with E-state index < -0.39 is 34.3 Å². The molecule has 186 valence electrons. The minimum absolute atomic E-state index is 0.0520. The predicted octanol–water partition coefficient (Wildman–Crippen LogP) is 3.21. The number of carbonyl (C=O) groups is 2. The molecule has 2 amide bonds. The summed E-state index contributed by atoms with van der Waals surface area (Å²) in [5.74, 6) is -1.19. The van der Waals surface area contributed by atoms with Crippen molar-refractivity contribution in [3.05, 3.63) is 66.0 Å². The number of anilines is 1. The number of carbonyl (C=O) groups excluding carboxylic acids is 2. The minimum Gasteiger partial charge on any atom is -0.354 e. The van der Waals surface area contributed by atoms with Crippen LogP contribution in [-0.4, -0.2) is 57.1 Å². The summed E-state index contributed by atoms with van der Waals surface area (Å²) in [6.45, 7) is 5.92. The normalized spacial score (nSPS) is 12.3. The van der Waals surface area contributed by atoms with E-state index in [-0.39, 0.29) is 24.1 Å². The van der Waals surface area contributed by atoms with Gasteiger partial charge in [0.25, 0.3) is 0 Å². The van der Waals surface area contributed by atoms with E-state index in [0.717, 1.165) is 22.2 Å². The molecule has 0 spiro atoms. The van der Waals surface area contributed by atoms with Crippen molar-refractivity contribution in [3.8, 4) is 0 Å². The van der Waals surface area contributed by atoms with E-state index >= 15 is 0 Å². The lowest BCUT2D eigenvalue weighted by Gasteiger charge is -2.33. The van der Waals surface area contributed by atoms with E-state index in [1.807, 2.05) is 51.1 Å². The second kappa shape index (κ2) is 12.5. The predicted molar refractivity (Wildman–Crippen MR) is 132 cm³/mol. The molecule has 2 aromatic carbocycles. The molecule has 2 rings (SSSR count). The number of nitrogens with zero attached hydrogens (tertiary/aromatic N) is 2. The Bertz CT molecular complexity index is 1060. The Morgan fingerprint density at radius 2 is 1.74 bits per heavy atom. The number of hydrogen-bond acceptors (Lipinski definition) is 4. The molecule has 0 aliphatic rings. The Morgan fingerprint density at radius 1 is 1.06 bits per heavy atom. The number of halogens is 1. The average Bonchev–Trinajstić information content (AvgIpc) is 2.78. The molecule has 0 aliphatic carbocycles. The Morgan fingerprint density at radius 3 is 2.29 bits per heavy atom. The fourth-order valence-electron chi connectivity index (χ4n) is 3.56. The SMILES string of the molecule is CC[C@H](C(=O)NCC(C)C)N(CCc1ccccc1)C(=O)CN(c1cccc(F)c1)S(C)(=O)=O. The highest BCUT2D eigenvalue weighted by atomic mass is 32.2. The van der Waals surface area contributed by atoms with Gasteiger partial charge in [-0.15, -0.1) is 0 Å². The zero-order chi connectivity index (χ0) is 25.3. The smallest absolute Gasteiger partial charge is 0.244 e. The van der Waals surface area contributed by atoms with Crippen LogP contribution < -0.4 is 9.62 Å². The van der Waals surface area contributed by atoms with Crippen LogP contribution in [0.3, 0.4) is 0 Å². The van der Waals surface area contributed by atoms with Crippen molar-refractivity contribution in [2.75, 3.05) is 30.2 Å². The Balaban J connectivity index is 2.34. The van der Waals surface area contributed by atoms with Gasteiger partial charge in [-0.3, -0.25) is 13.9 Å². The van der Waals surface area contributed by atoms with Crippen LogP contribution >= 0.6 is 0 Å². The van der Waals surface area contributed by atoms with Crippen LogP contribution in [0.25, 0.3) is 0 Å². The van der Waals surface area contributed by atoms with Gasteiger partial charge < -0.3 is 10.2 Å². The molecule has 7 nitrogen and oxygen atoms in total. The summed E-state index contributed by atoms with van der Waals surface area (Å²) >= 11 is 0. The summed E-state index contributed by atoms with van der Waals surface area (Å²) in [7, 11) is -3.89. The summed E-state index contributed by atoms with van der Waals surface area (Å²) in [4.78, 5) is 27.8. The highest BCUT2D eigenvalue weighted by Crippen LogP contribution is 2.20. The largest absolute Gasteiger partial charge is 0.354 e. The van der Waals surface area contributed by atoms with Crippen LogP contribution in [0.15, 0.2) is 54.6 Å². The molecular formula is C25H34FN3O4S. The molecule has 0 saturated carbocycles. The molecule has 0 aliphatic heterocycles. The maximum atomic E-state index is 13.8. The van der Waals surface area contributed by atoms with Crippen molar-refractivity contribution < 1.29 is 22.4 Å². The molecule has 0 fully saturated rings. The van der Waals surface area contributed by atoms with E-state index in [1.54, 1.807) is 0 Å². The third kappa shape index (κ3) is 8.13. The lowest BCUT2D eigenvalue weighted by molar-refractivity contribution is -0.139. The first-order chi connectivity index (χ1) is 16.0. The number of hydrogen-bond donors (Lipinski definition) is 1. The van der Waals surface area contributed by atoms with Crippen molar-refractivity contribution in [2.45, 2.75) is 39.7 Å². The van der Waals surface area contributed by atoms with Crippen LogP contribution in [0.4, 0.5) is 10.1 Å². The Labute approximate surface area is 202 Å². The van der Waals surface area contributed by atoms with Crippen molar-refractivity contribution in [1.82, 2.24) is 10.2 Å². The number of rotatable bonds is 12. The van der Waals surface area contributed by atoms with Crippen molar-refractivity contribution >= 4 is 27.5 Å². The second-order valence-corrected chi connectivity index (χ2v) is 10.5. The highest BCUT2D eigenvalue weighted by molar-refractivity contribution is 7.92. The fraction of sp³-hybridized carbons (Fsp3) is 0.440. The summed E-state index contributed by atoms with van der Waals surface area (Å²) in [6, 6.07) is 13.8. The summed E-state index contributed by atoms with van der Waals surface area (Å²) < 4.78 is 39.6. The topological polar surface area (TPSA) is 86.8 Å². The third-order valence-electron chi connectivity index (χ3n) is 5.33. The van der Waals surface area contributed by atoms with E-state index in [4.69, 9.17) is 0 Å². The first-order valence-corrected chi connectivity index (χ1v) is 13.2. The number of benzene rings is 2. The lowest BCUT2D eigenvalue weighted by atomic mass is 10.1. The number of sulfonamides is 1. The van der Waals surface area contributed by atoms with Gasteiger partial charge in [-0.2, -0.15) is 0 Å². The van der Waals surface area contributed by atoms with Crippen molar-refractivity contribution in [1.29, 1.82) is 0 Å². The Kier molecular flexibility index (Phi) is 10.0. The standard InChI is InChI=1S/C25H34FN3O4S/c1-5-23(25(31)27-17-19(2)3)28(15-14-20-10-7-6-8-11-20)24(30)18-29(34(4,32)33)22-13-9-12-21(26)16-22/h6-13,16,19,23H,5,14-15,17-18H2,1-4H3,(H,27,31)/t23-/m1/s1. The van der Waals surface area contributed by atoms with Gasteiger partial charge in [0.05, 0.1) is 11.9 Å². The highest BCUT2D eigenvalue weighted by Gasteiger charge is 2.31. The average molecular weight is 492 g/mol. The third-order valence-corrected chi connectivity index (χ3v) is 6.47. The van der Waals surface area contributed by atoms with Crippen LogP contribution in [0.5, 0.6) is 0 Å². The quantitative estimate of drug-likeness (QED) is 0.494. The second-order valence-electron chi connectivity index (χ2n) is 8.64. The van der Waals surface area contributed by atoms with Gasteiger partial charge in [-0.25, -0.2) is 12.8 Å². The zero-order valence-corrected chi connectivity index (χ0v) is 21.0. The van der Waals surface area contributed by atoms with E-state index in [2.05, 4.69) is 5.32 Å². The van der Waals surface area contributed by atoms with Crippen LogP contribution in [0, 0.1) is 11.7 Å². The lowest BCUT2D eigenvalue weighted by Crippen LogP contribution is -2.53. The maximum absolute atomic E-state index is 13.8. The summed E-state index contributed by atoms with van der Waals surface area (Å²) in [6.07, 6.45) is 1.83. The van der Waals surface area contributed by atoms with Gasteiger partial charge in [0.1, 0.15) is 18.4 Å². The number of nitrogens with one attached hydrogen (secondary N) is 1. The van der Waals surface area contributed by atoms with Gasteiger partial charge in [-0.1, -0.05) is 57.2 Å². The molecule has 9 heteroatoms. The molecule has 1 atom stereocenters. The molecule has 2 aromatic rings. The fourth-order valence-corrected chi connectivity index (χ4v) is 4.40. The molecule has 1 N–H and O–H groups in total. The molecule has 0 aromatic heterocycles. The van der Waals surface area contributed by atoms with Crippen molar-refractivity contribution in [3.63, 3.8) is 0 Å².